The van der Waals surface area contributed by atoms with Crippen molar-refractivity contribution in [2.45, 2.75) is 25.0 Å². The van der Waals surface area contributed by atoms with Gasteiger partial charge in [-0.15, -0.1) is 0 Å². The van der Waals surface area contributed by atoms with Gasteiger partial charge in [0.1, 0.15) is 5.82 Å². The zero-order valence-electron chi connectivity index (χ0n) is 10.9. The molecule has 0 spiro atoms. The second-order valence-corrected chi connectivity index (χ2v) is 5.54. The highest BCUT2D eigenvalue weighted by Gasteiger charge is 2.30. The molecule has 2 rings (SSSR count). The van der Waals surface area contributed by atoms with E-state index in [9.17, 15) is 14.0 Å². The molecule has 0 radical (unpaired) electrons. The molecule has 2 amide bonds. The number of hydrogen-bond donors (Lipinski definition) is 3. The summed E-state index contributed by atoms with van der Waals surface area (Å²) in [6.45, 7) is 0.174. The molecular formula is C13H14BrFN2O4. The molecule has 1 aliphatic rings. The van der Waals surface area contributed by atoms with Crippen molar-refractivity contribution in [2.75, 3.05) is 11.9 Å². The highest BCUT2D eigenvalue weighted by Crippen LogP contribution is 2.20. The van der Waals surface area contributed by atoms with Gasteiger partial charge in [0, 0.05) is 11.0 Å². The average molecular weight is 361 g/mol. The number of rotatable bonds is 4. The van der Waals surface area contributed by atoms with Gasteiger partial charge in [-0.05, 0) is 31.0 Å². The quantitative estimate of drug-likeness (QED) is 0.768. The van der Waals surface area contributed by atoms with E-state index in [-0.39, 0.29) is 18.3 Å². The monoisotopic (exact) mass is 360 g/mol. The Bertz CT molecular complexity index is 555. The van der Waals surface area contributed by atoms with Gasteiger partial charge >= 0.3 is 12.0 Å². The first-order valence-corrected chi connectivity index (χ1v) is 7.13. The Labute approximate surface area is 128 Å². The van der Waals surface area contributed by atoms with Crippen molar-refractivity contribution in [1.82, 2.24) is 5.32 Å². The standard InChI is InChI=1S/C13H14BrFN2O4/c14-7-1-3-10(9(15)5-7)17-13(20)16-6-8-2-4-11(21-8)12(18)19/h1,3,5,8,11H,2,4,6H2,(H,18,19)(H2,16,17,20). The third kappa shape index (κ3) is 4.40. The van der Waals surface area contributed by atoms with Crippen LogP contribution in [0.2, 0.25) is 0 Å². The van der Waals surface area contributed by atoms with Crippen LogP contribution in [0.3, 0.4) is 0 Å². The molecule has 2 unspecified atom stereocenters. The Kier molecular flexibility index (Phi) is 5.13. The molecule has 0 aromatic heterocycles. The molecule has 1 aromatic carbocycles. The average Bonchev–Trinajstić information content (AvgIpc) is 2.89. The number of benzene rings is 1. The van der Waals surface area contributed by atoms with E-state index in [1.165, 1.54) is 12.1 Å². The van der Waals surface area contributed by atoms with Crippen LogP contribution in [-0.4, -0.2) is 35.9 Å². The van der Waals surface area contributed by atoms with Gasteiger partial charge in [0.05, 0.1) is 11.8 Å². The maximum Gasteiger partial charge on any atom is 0.332 e. The van der Waals surface area contributed by atoms with E-state index in [0.717, 1.165) is 0 Å². The molecule has 2 atom stereocenters. The van der Waals surface area contributed by atoms with E-state index in [1.54, 1.807) is 6.07 Å². The van der Waals surface area contributed by atoms with Crippen LogP contribution in [0.5, 0.6) is 0 Å². The van der Waals surface area contributed by atoms with Gasteiger partial charge in [-0.1, -0.05) is 15.9 Å². The van der Waals surface area contributed by atoms with Crippen molar-refractivity contribution >= 4 is 33.6 Å². The van der Waals surface area contributed by atoms with Gasteiger partial charge in [0.25, 0.3) is 0 Å². The first-order valence-electron chi connectivity index (χ1n) is 6.34. The number of aliphatic carboxylic acids is 1. The molecule has 1 fully saturated rings. The third-order valence-corrected chi connectivity index (χ3v) is 3.55. The minimum absolute atomic E-state index is 0.0615. The van der Waals surface area contributed by atoms with Gasteiger partial charge < -0.3 is 20.5 Å². The normalized spacial score (nSPS) is 21.0. The molecule has 1 aliphatic heterocycles. The van der Waals surface area contributed by atoms with Crippen molar-refractivity contribution in [1.29, 1.82) is 0 Å². The lowest BCUT2D eigenvalue weighted by atomic mass is 10.2. The number of ether oxygens (including phenoxy) is 1. The van der Waals surface area contributed by atoms with Crippen LogP contribution in [0, 0.1) is 5.82 Å². The number of halogens is 2. The maximum atomic E-state index is 13.5. The SMILES string of the molecule is O=C(NCC1CCC(C(=O)O)O1)Nc1ccc(Br)cc1F. The van der Waals surface area contributed by atoms with E-state index < -0.39 is 23.9 Å². The number of nitrogens with one attached hydrogen (secondary N) is 2. The third-order valence-electron chi connectivity index (χ3n) is 3.05. The molecular weight excluding hydrogens is 347 g/mol. The van der Waals surface area contributed by atoms with Gasteiger partial charge in [0.15, 0.2) is 6.10 Å². The summed E-state index contributed by atoms with van der Waals surface area (Å²) in [7, 11) is 0. The van der Waals surface area contributed by atoms with Crippen LogP contribution < -0.4 is 10.6 Å². The van der Waals surface area contributed by atoms with Crippen molar-refractivity contribution in [2.24, 2.45) is 0 Å². The maximum absolute atomic E-state index is 13.5. The van der Waals surface area contributed by atoms with Gasteiger partial charge in [-0.25, -0.2) is 14.0 Å². The number of anilines is 1. The predicted octanol–water partition coefficient (Wildman–Crippen LogP) is 2.34. The number of carbonyl (C=O) groups is 2. The van der Waals surface area contributed by atoms with E-state index in [4.69, 9.17) is 9.84 Å². The summed E-state index contributed by atoms with van der Waals surface area (Å²) in [6, 6.07) is 3.72. The molecule has 1 heterocycles. The summed E-state index contributed by atoms with van der Waals surface area (Å²) in [5.41, 5.74) is 0.0615. The summed E-state index contributed by atoms with van der Waals surface area (Å²) < 4.78 is 19.3. The Morgan fingerprint density at radius 1 is 1.43 bits per heavy atom. The van der Waals surface area contributed by atoms with E-state index in [1.807, 2.05) is 0 Å². The number of hydrogen-bond acceptors (Lipinski definition) is 3. The topological polar surface area (TPSA) is 87.7 Å². The Morgan fingerprint density at radius 3 is 2.81 bits per heavy atom. The largest absolute Gasteiger partial charge is 0.479 e. The molecule has 0 saturated carbocycles. The number of carbonyl (C=O) groups excluding carboxylic acids is 1. The Hall–Kier alpha value is -1.67. The summed E-state index contributed by atoms with van der Waals surface area (Å²) in [6.07, 6.45) is -0.176. The molecule has 114 valence electrons. The number of urea groups is 1. The van der Waals surface area contributed by atoms with Gasteiger partial charge in [0.2, 0.25) is 0 Å². The van der Waals surface area contributed by atoms with E-state index >= 15 is 0 Å². The molecule has 0 aliphatic carbocycles. The van der Waals surface area contributed by atoms with Crippen LogP contribution in [0.4, 0.5) is 14.9 Å². The second kappa shape index (κ2) is 6.86. The van der Waals surface area contributed by atoms with Crippen LogP contribution in [0.25, 0.3) is 0 Å². The van der Waals surface area contributed by atoms with Crippen molar-refractivity contribution in [3.05, 3.63) is 28.5 Å². The Balaban J connectivity index is 1.79. The van der Waals surface area contributed by atoms with Crippen LogP contribution >= 0.6 is 15.9 Å². The van der Waals surface area contributed by atoms with Crippen molar-refractivity contribution in [3.63, 3.8) is 0 Å². The summed E-state index contributed by atoms with van der Waals surface area (Å²) in [5.74, 6) is -1.55. The van der Waals surface area contributed by atoms with Crippen molar-refractivity contribution in [3.8, 4) is 0 Å². The van der Waals surface area contributed by atoms with Crippen LogP contribution in [0.1, 0.15) is 12.8 Å². The highest BCUT2D eigenvalue weighted by molar-refractivity contribution is 9.10. The highest BCUT2D eigenvalue weighted by atomic mass is 79.9. The minimum Gasteiger partial charge on any atom is -0.479 e. The molecule has 21 heavy (non-hydrogen) atoms. The lowest BCUT2D eigenvalue weighted by Crippen LogP contribution is -2.36. The van der Waals surface area contributed by atoms with Crippen molar-refractivity contribution < 1.29 is 23.8 Å². The zero-order chi connectivity index (χ0) is 15.4. The Morgan fingerprint density at radius 2 is 2.19 bits per heavy atom. The van der Waals surface area contributed by atoms with E-state index in [2.05, 4.69) is 26.6 Å². The molecule has 6 nitrogen and oxygen atoms in total. The lowest BCUT2D eigenvalue weighted by Gasteiger charge is -2.13. The minimum atomic E-state index is -1.00. The lowest BCUT2D eigenvalue weighted by molar-refractivity contribution is -0.149. The fourth-order valence-corrected chi connectivity index (χ4v) is 2.33. The van der Waals surface area contributed by atoms with E-state index in [0.29, 0.717) is 17.3 Å². The zero-order valence-corrected chi connectivity index (χ0v) is 12.5. The number of carboxylic acid groups (broad SMARTS) is 1. The summed E-state index contributed by atoms with van der Waals surface area (Å²) in [4.78, 5) is 22.4. The summed E-state index contributed by atoms with van der Waals surface area (Å²) in [5, 5.41) is 13.7. The molecule has 1 aromatic rings. The summed E-state index contributed by atoms with van der Waals surface area (Å²) >= 11 is 3.12. The second-order valence-electron chi connectivity index (χ2n) is 4.62. The predicted molar refractivity (Wildman–Crippen MR) is 76.7 cm³/mol. The number of amides is 2. The smallest absolute Gasteiger partial charge is 0.332 e. The number of carboxylic acids is 1. The first kappa shape index (κ1) is 15.7. The fourth-order valence-electron chi connectivity index (χ4n) is 2.00. The molecule has 8 heteroatoms. The van der Waals surface area contributed by atoms with Crippen LogP contribution in [-0.2, 0) is 9.53 Å². The first-order chi connectivity index (χ1) is 9.95. The molecule has 1 saturated heterocycles. The molecule has 3 N–H and O–H groups in total. The van der Waals surface area contributed by atoms with Gasteiger partial charge in [-0.3, -0.25) is 0 Å². The fraction of sp³-hybridized carbons (Fsp3) is 0.385. The van der Waals surface area contributed by atoms with Crippen LogP contribution in [0.15, 0.2) is 22.7 Å². The van der Waals surface area contributed by atoms with Gasteiger partial charge in [-0.2, -0.15) is 0 Å². The molecule has 0 bridgehead atoms.